The first-order valence-electron chi connectivity index (χ1n) is 4.91. The molecule has 0 aliphatic heterocycles. The van der Waals surface area contributed by atoms with E-state index >= 15 is 0 Å². The molecule has 0 amide bonds. The van der Waals surface area contributed by atoms with E-state index in [9.17, 15) is 4.79 Å². The van der Waals surface area contributed by atoms with Gasteiger partial charge in [-0.2, -0.15) is 9.97 Å². The lowest BCUT2D eigenvalue weighted by Crippen LogP contribution is -2.13. The van der Waals surface area contributed by atoms with E-state index < -0.39 is 0 Å². The highest BCUT2D eigenvalue weighted by molar-refractivity contribution is 6.33. The Morgan fingerprint density at radius 1 is 1.59 bits per heavy atom. The number of imidazole rings is 1. The maximum absolute atomic E-state index is 11.3. The van der Waals surface area contributed by atoms with Crippen LogP contribution < -0.4 is 5.73 Å². The Kier molecular flexibility index (Phi) is 3.10. The lowest BCUT2D eigenvalue weighted by molar-refractivity contribution is -0.143. The van der Waals surface area contributed by atoms with Crippen molar-refractivity contribution in [1.82, 2.24) is 19.5 Å². The van der Waals surface area contributed by atoms with Crippen LogP contribution in [0.3, 0.4) is 0 Å². The van der Waals surface area contributed by atoms with Crippen molar-refractivity contribution < 1.29 is 9.53 Å². The normalized spacial score (nSPS) is 10.7. The third-order valence-corrected chi connectivity index (χ3v) is 2.31. The quantitative estimate of drug-likeness (QED) is 0.638. The molecule has 0 saturated heterocycles. The van der Waals surface area contributed by atoms with Gasteiger partial charge in [0.2, 0.25) is 5.95 Å². The van der Waals surface area contributed by atoms with E-state index in [0.29, 0.717) is 17.8 Å². The van der Waals surface area contributed by atoms with E-state index in [4.69, 9.17) is 22.1 Å². The second-order valence-electron chi connectivity index (χ2n) is 3.22. The van der Waals surface area contributed by atoms with Crippen LogP contribution >= 0.6 is 11.6 Å². The summed E-state index contributed by atoms with van der Waals surface area (Å²) in [6.07, 6.45) is 1.45. The maximum Gasteiger partial charge on any atom is 0.326 e. The van der Waals surface area contributed by atoms with E-state index in [1.807, 2.05) is 0 Å². The zero-order valence-electron chi connectivity index (χ0n) is 9.05. The molecule has 17 heavy (non-hydrogen) atoms. The topological polar surface area (TPSA) is 95.9 Å². The van der Waals surface area contributed by atoms with Crippen LogP contribution in [0.2, 0.25) is 5.15 Å². The summed E-state index contributed by atoms with van der Waals surface area (Å²) in [5.41, 5.74) is 6.30. The number of nitrogen functional groups attached to an aromatic ring is 1. The molecular formula is C9H10ClN5O2. The van der Waals surface area contributed by atoms with Crippen molar-refractivity contribution >= 4 is 34.7 Å². The zero-order valence-corrected chi connectivity index (χ0v) is 9.81. The molecule has 0 aliphatic rings. The Hall–Kier alpha value is -1.89. The predicted octanol–water partition coefficient (Wildman–Crippen LogP) is 0.625. The number of esters is 1. The minimum Gasteiger partial charge on any atom is -0.465 e. The van der Waals surface area contributed by atoms with Gasteiger partial charge < -0.3 is 15.0 Å². The van der Waals surface area contributed by atoms with Gasteiger partial charge in [-0.15, -0.1) is 0 Å². The van der Waals surface area contributed by atoms with Gasteiger partial charge in [0.1, 0.15) is 12.1 Å². The highest BCUT2D eigenvalue weighted by atomic mass is 35.5. The lowest BCUT2D eigenvalue weighted by atomic mass is 10.5. The highest BCUT2D eigenvalue weighted by Crippen LogP contribution is 2.19. The molecule has 0 radical (unpaired) electrons. The molecule has 0 aliphatic carbocycles. The molecule has 2 rings (SSSR count). The van der Waals surface area contributed by atoms with Crippen molar-refractivity contribution in [2.24, 2.45) is 0 Å². The third kappa shape index (κ3) is 2.28. The van der Waals surface area contributed by atoms with Crippen LogP contribution in [-0.4, -0.2) is 32.1 Å². The number of carbonyl (C=O) groups excluding carboxylic acids is 1. The Morgan fingerprint density at radius 3 is 3.06 bits per heavy atom. The number of nitrogens with two attached hydrogens (primary N) is 1. The van der Waals surface area contributed by atoms with Crippen molar-refractivity contribution in [2.75, 3.05) is 12.3 Å². The molecule has 2 aromatic heterocycles. The number of aromatic nitrogens is 4. The van der Waals surface area contributed by atoms with Crippen LogP contribution in [0.15, 0.2) is 6.33 Å². The Bertz CT molecular complexity index is 568. The second-order valence-corrected chi connectivity index (χ2v) is 3.58. The van der Waals surface area contributed by atoms with Gasteiger partial charge >= 0.3 is 5.97 Å². The molecule has 2 N–H and O–H groups in total. The summed E-state index contributed by atoms with van der Waals surface area (Å²) in [4.78, 5) is 23.1. The number of rotatable bonds is 3. The molecule has 0 aromatic carbocycles. The summed E-state index contributed by atoms with van der Waals surface area (Å²) in [7, 11) is 0. The van der Waals surface area contributed by atoms with Crippen molar-refractivity contribution in [2.45, 2.75) is 13.5 Å². The zero-order chi connectivity index (χ0) is 12.4. The Morgan fingerprint density at radius 2 is 2.35 bits per heavy atom. The number of carbonyl (C=O) groups is 1. The highest BCUT2D eigenvalue weighted by Gasteiger charge is 2.13. The molecule has 8 heteroatoms. The average molecular weight is 256 g/mol. The third-order valence-electron chi connectivity index (χ3n) is 2.04. The Balaban J connectivity index is 2.39. The summed E-state index contributed by atoms with van der Waals surface area (Å²) in [6.45, 7) is 2.07. The van der Waals surface area contributed by atoms with Crippen LogP contribution in [-0.2, 0) is 16.1 Å². The van der Waals surface area contributed by atoms with Gasteiger partial charge in [0.15, 0.2) is 10.8 Å². The molecule has 2 aromatic rings. The van der Waals surface area contributed by atoms with Crippen LogP contribution in [0.5, 0.6) is 0 Å². The standard InChI is InChI=1S/C9H10ClN5O2/c1-2-17-5(16)3-15-4-12-6-7(10)13-9(11)14-8(6)15/h4H,2-3H2,1H3,(H2,11,13,14). The van der Waals surface area contributed by atoms with Crippen molar-refractivity contribution in [1.29, 1.82) is 0 Å². The number of ether oxygens (including phenoxy) is 1. The predicted molar refractivity (Wildman–Crippen MR) is 61.4 cm³/mol. The van der Waals surface area contributed by atoms with Gasteiger partial charge in [-0.3, -0.25) is 4.79 Å². The van der Waals surface area contributed by atoms with Gasteiger partial charge in [-0.1, -0.05) is 11.6 Å². The first-order valence-corrected chi connectivity index (χ1v) is 5.29. The molecule has 90 valence electrons. The molecule has 2 heterocycles. The van der Waals surface area contributed by atoms with Crippen molar-refractivity contribution in [3.8, 4) is 0 Å². The fraction of sp³-hybridized carbons (Fsp3) is 0.333. The van der Waals surface area contributed by atoms with Gasteiger partial charge in [-0.05, 0) is 6.92 Å². The smallest absolute Gasteiger partial charge is 0.326 e. The second kappa shape index (κ2) is 4.54. The molecule has 0 unspecified atom stereocenters. The summed E-state index contributed by atoms with van der Waals surface area (Å²) in [5, 5.41) is 0.162. The van der Waals surface area contributed by atoms with Crippen LogP contribution in [0, 0.1) is 0 Å². The first-order chi connectivity index (χ1) is 8.11. The van der Waals surface area contributed by atoms with E-state index in [2.05, 4.69) is 15.0 Å². The first kappa shape index (κ1) is 11.6. The van der Waals surface area contributed by atoms with Crippen molar-refractivity contribution in [3.05, 3.63) is 11.5 Å². The number of nitrogens with zero attached hydrogens (tertiary/aromatic N) is 4. The molecule has 7 nitrogen and oxygen atoms in total. The number of fused-ring (bicyclic) bond motifs is 1. The fourth-order valence-electron chi connectivity index (χ4n) is 1.39. The van der Waals surface area contributed by atoms with Crippen LogP contribution in [0.4, 0.5) is 5.95 Å². The number of anilines is 1. The summed E-state index contributed by atoms with van der Waals surface area (Å²) < 4.78 is 6.34. The Labute approximate surface area is 102 Å². The van der Waals surface area contributed by atoms with Gasteiger partial charge in [-0.25, -0.2) is 4.98 Å². The largest absolute Gasteiger partial charge is 0.465 e. The monoisotopic (exact) mass is 255 g/mol. The molecule has 0 fully saturated rings. The van der Waals surface area contributed by atoms with Crippen LogP contribution in [0.25, 0.3) is 11.2 Å². The molecule has 0 atom stereocenters. The summed E-state index contributed by atoms with van der Waals surface area (Å²) in [5.74, 6) is -0.340. The van der Waals surface area contributed by atoms with E-state index in [0.717, 1.165) is 0 Å². The lowest BCUT2D eigenvalue weighted by Gasteiger charge is -2.03. The minimum atomic E-state index is -0.375. The fourth-order valence-corrected chi connectivity index (χ4v) is 1.61. The number of hydrogen-bond acceptors (Lipinski definition) is 6. The number of halogens is 1. The molecular weight excluding hydrogens is 246 g/mol. The van der Waals surface area contributed by atoms with E-state index in [1.54, 1.807) is 6.92 Å². The summed E-state index contributed by atoms with van der Waals surface area (Å²) in [6, 6.07) is 0. The molecule has 0 spiro atoms. The van der Waals surface area contributed by atoms with Gasteiger partial charge in [0.05, 0.1) is 12.9 Å². The van der Waals surface area contributed by atoms with Crippen LogP contribution in [0.1, 0.15) is 6.92 Å². The van der Waals surface area contributed by atoms with Gasteiger partial charge in [0, 0.05) is 0 Å². The molecule has 0 saturated carbocycles. The van der Waals surface area contributed by atoms with Gasteiger partial charge in [0.25, 0.3) is 0 Å². The van der Waals surface area contributed by atoms with Crippen molar-refractivity contribution in [3.63, 3.8) is 0 Å². The SMILES string of the molecule is CCOC(=O)Cn1cnc2c(Cl)nc(N)nc21. The minimum absolute atomic E-state index is 0.0110. The number of hydrogen-bond donors (Lipinski definition) is 1. The maximum atomic E-state index is 11.3. The van der Waals surface area contributed by atoms with E-state index in [-0.39, 0.29) is 23.6 Å². The average Bonchev–Trinajstić information content (AvgIpc) is 2.62. The summed E-state index contributed by atoms with van der Waals surface area (Å²) >= 11 is 5.85. The van der Waals surface area contributed by atoms with E-state index in [1.165, 1.54) is 10.9 Å². The molecule has 0 bridgehead atoms.